The fraction of sp³-hybridized carbons (Fsp3) is 0.167. The molecular formula is C24H20N2O4. The van der Waals surface area contributed by atoms with Gasteiger partial charge in [0.25, 0.3) is 5.91 Å². The van der Waals surface area contributed by atoms with Gasteiger partial charge in [-0.2, -0.15) is 0 Å². The number of aromatic nitrogens is 1. The quantitative estimate of drug-likeness (QED) is 0.516. The van der Waals surface area contributed by atoms with Crippen molar-refractivity contribution in [3.63, 3.8) is 0 Å². The van der Waals surface area contributed by atoms with E-state index in [1.165, 1.54) is 5.56 Å². The highest BCUT2D eigenvalue weighted by Crippen LogP contribution is 2.31. The van der Waals surface area contributed by atoms with Crippen LogP contribution in [0.1, 0.15) is 21.5 Å². The molecular weight excluding hydrogens is 380 g/mol. The van der Waals surface area contributed by atoms with Gasteiger partial charge in [0, 0.05) is 16.8 Å². The third kappa shape index (κ3) is 3.37. The Morgan fingerprint density at radius 1 is 0.933 bits per heavy atom. The van der Waals surface area contributed by atoms with Gasteiger partial charge < -0.3 is 19.2 Å². The van der Waals surface area contributed by atoms with Crippen molar-refractivity contribution in [3.05, 3.63) is 71.3 Å². The number of amides is 1. The van der Waals surface area contributed by atoms with Crippen LogP contribution in [-0.4, -0.2) is 24.1 Å². The number of anilines is 1. The molecule has 0 atom stereocenters. The maximum absolute atomic E-state index is 12.7. The van der Waals surface area contributed by atoms with Gasteiger partial charge in [-0.3, -0.25) is 4.79 Å². The molecule has 0 spiro atoms. The van der Waals surface area contributed by atoms with Crippen LogP contribution in [-0.2, 0) is 0 Å². The van der Waals surface area contributed by atoms with Gasteiger partial charge in [-0.25, -0.2) is 4.98 Å². The SMILES string of the molecule is Cc1cc2nc(-c3cccc(NC(=O)c4ccc5c(c4)OCCO5)c3)oc2cc1C. The van der Waals surface area contributed by atoms with Crippen LogP contribution < -0.4 is 14.8 Å². The molecule has 2 heterocycles. The Morgan fingerprint density at radius 2 is 1.73 bits per heavy atom. The summed E-state index contributed by atoms with van der Waals surface area (Å²) in [5.41, 5.74) is 5.84. The molecule has 4 aromatic rings. The van der Waals surface area contributed by atoms with Gasteiger partial charge in [-0.1, -0.05) is 6.07 Å². The van der Waals surface area contributed by atoms with Crippen molar-refractivity contribution >= 4 is 22.7 Å². The maximum atomic E-state index is 12.7. The molecule has 3 aromatic carbocycles. The lowest BCUT2D eigenvalue weighted by Gasteiger charge is -2.18. The second-order valence-corrected chi connectivity index (χ2v) is 7.32. The molecule has 0 radical (unpaired) electrons. The summed E-state index contributed by atoms with van der Waals surface area (Å²) in [7, 11) is 0. The van der Waals surface area contributed by atoms with Crippen molar-refractivity contribution < 1.29 is 18.7 Å². The minimum absolute atomic E-state index is 0.229. The number of benzene rings is 3. The van der Waals surface area contributed by atoms with Gasteiger partial charge in [0.15, 0.2) is 17.1 Å². The number of hydrogen-bond donors (Lipinski definition) is 1. The van der Waals surface area contributed by atoms with E-state index in [1.807, 2.05) is 43.3 Å². The van der Waals surface area contributed by atoms with Crippen molar-refractivity contribution in [2.45, 2.75) is 13.8 Å². The lowest BCUT2D eigenvalue weighted by atomic mass is 10.1. The second-order valence-electron chi connectivity index (χ2n) is 7.32. The molecule has 0 aliphatic carbocycles. The monoisotopic (exact) mass is 400 g/mol. The number of nitrogens with zero attached hydrogens (tertiary/aromatic N) is 1. The molecule has 1 aliphatic rings. The standard InChI is InChI=1S/C24H20N2O4/c1-14-10-19-21(11-15(14)2)30-24(26-19)17-4-3-5-18(12-17)25-23(27)16-6-7-20-22(13-16)29-9-8-28-20/h3-7,10-13H,8-9H2,1-2H3,(H,25,27). The van der Waals surface area contributed by atoms with Crippen molar-refractivity contribution in [2.75, 3.05) is 18.5 Å². The molecule has 0 saturated carbocycles. The highest BCUT2D eigenvalue weighted by molar-refractivity contribution is 6.05. The number of rotatable bonds is 3. The molecule has 150 valence electrons. The number of ether oxygens (including phenoxy) is 2. The van der Waals surface area contributed by atoms with E-state index >= 15 is 0 Å². The molecule has 6 nitrogen and oxygen atoms in total. The van der Waals surface area contributed by atoms with Crippen LogP contribution in [0.3, 0.4) is 0 Å². The van der Waals surface area contributed by atoms with Gasteiger partial charge in [0.2, 0.25) is 5.89 Å². The van der Waals surface area contributed by atoms with Crippen molar-refractivity contribution in [1.29, 1.82) is 0 Å². The predicted octanol–water partition coefficient (Wildman–Crippen LogP) is 5.14. The van der Waals surface area contributed by atoms with Crippen molar-refractivity contribution in [3.8, 4) is 23.0 Å². The highest BCUT2D eigenvalue weighted by Gasteiger charge is 2.16. The van der Waals surface area contributed by atoms with Crippen LogP contribution in [0, 0.1) is 13.8 Å². The summed E-state index contributed by atoms with van der Waals surface area (Å²) in [6, 6.07) is 16.6. The van der Waals surface area contributed by atoms with E-state index in [4.69, 9.17) is 13.9 Å². The molecule has 0 unspecified atom stereocenters. The molecule has 5 rings (SSSR count). The average Bonchev–Trinajstić information content (AvgIpc) is 3.16. The van der Waals surface area contributed by atoms with E-state index < -0.39 is 0 Å². The summed E-state index contributed by atoms with van der Waals surface area (Å²) in [6.45, 7) is 5.09. The first kappa shape index (κ1) is 18.2. The smallest absolute Gasteiger partial charge is 0.255 e. The normalized spacial score (nSPS) is 12.7. The Bertz CT molecular complexity index is 1240. The minimum Gasteiger partial charge on any atom is -0.486 e. The van der Waals surface area contributed by atoms with Crippen molar-refractivity contribution in [2.24, 2.45) is 0 Å². The van der Waals surface area contributed by atoms with Gasteiger partial charge >= 0.3 is 0 Å². The Kier molecular flexibility index (Phi) is 4.39. The van der Waals surface area contributed by atoms with Crippen LogP contribution in [0.15, 0.2) is 59.0 Å². The second kappa shape index (κ2) is 7.22. The molecule has 0 bridgehead atoms. The lowest BCUT2D eigenvalue weighted by Crippen LogP contribution is -2.17. The number of hydrogen-bond acceptors (Lipinski definition) is 5. The zero-order valence-electron chi connectivity index (χ0n) is 16.7. The van der Waals surface area contributed by atoms with E-state index in [0.29, 0.717) is 41.9 Å². The predicted molar refractivity (Wildman–Crippen MR) is 114 cm³/mol. The van der Waals surface area contributed by atoms with Crippen LogP contribution >= 0.6 is 0 Å². The number of nitrogens with one attached hydrogen (secondary N) is 1. The zero-order valence-corrected chi connectivity index (χ0v) is 16.7. The molecule has 6 heteroatoms. The first-order valence-corrected chi connectivity index (χ1v) is 9.76. The van der Waals surface area contributed by atoms with E-state index in [1.54, 1.807) is 18.2 Å². The minimum atomic E-state index is -0.229. The zero-order chi connectivity index (χ0) is 20.7. The van der Waals surface area contributed by atoms with Gasteiger partial charge in [-0.05, 0) is 73.5 Å². The molecule has 30 heavy (non-hydrogen) atoms. The Labute approximate surface area is 173 Å². The fourth-order valence-electron chi connectivity index (χ4n) is 3.42. The Morgan fingerprint density at radius 3 is 2.60 bits per heavy atom. The summed E-state index contributed by atoms with van der Waals surface area (Å²) in [5, 5.41) is 2.92. The first-order valence-electron chi connectivity index (χ1n) is 9.76. The Hall–Kier alpha value is -3.80. The summed E-state index contributed by atoms with van der Waals surface area (Å²) in [6.07, 6.45) is 0. The van der Waals surface area contributed by atoms with Gasteiger partial charge in [-0.15, -0.1) is 0 Å². The molecule has 1 N–H and O–H groups in total. The molecule has 1 amide bonds. The Balaban J connectivity index is 1.40. The molecule has 0 saturated heterocycles. The summed E-state index contributed by atoms with van der Waals surface area (Å²) in [5.74, 6) is 1.53. The third-order valence-corrected chi connectivity index (χ3v) is 5.18. The number of fused-ring (bicyclic) bond motifs is 2. The van der Waals surface area contributed by atoms with Gasteiger partial charge in [0.1, 0.15) is 18.7 Å². The lowest BCUT2D eigenvalue weighted by molar-refractivity contribution is 0.102. The largest absolute Gasteiger partial charge is 0.486 e. The number of carbonyl (C=O) groups excluding carboxylic acids is 1. The fourth-order valence-corrected chi connectivity index (χ4v) is 3.42. The van der Waals surface area contributed by atoms with Crippen LogP contribution in [0.25, 0.3) is 22.6 Å². The third-order valence-electron chi connectivity index (χ3n) is 5.18. The topological polar surface area (TPSA) is 73.6 Å². The number of carbonyl (C=O) groups is 1. The maximum Gasteiger partial charge on any atom is 0.255 e. The van der Waals surface area contributed by atoms with E-state index in [9.17, 15) is 4.79 Å². The van der Waals surface area contributed by atoms with E-state index in [0.717, 1.165) is 22.2 Å². The number of aryl methyl sites for hydroxylation is 2. The van der Waals surface area contributed by atoms with Gasteiger partial charge in [0.05, 0.1) is 0 Å². The average molecular weight is 400 g/mol. The van der Waals surface area contributed by atoms with Crippen LogP contribution in [0.2, 0.25) is 0 Å². The van der Waals surface area contributed by atoms with E-state index in [-0.39, 0.29) is 5.91 Å². The van der Waals surface area contributed by atoms with Crippen LogP contribution in [0.5, 0.6) is 11.5 Å². The molecule has 0 fully saturated rings. The number of oxazole rings is 1. The summed E-state index contributed by atoms with van der Waals surface area (Å²) in [4.78, 5) is 17.3. The van der Waals surface area contributed by atoms with E-state index in [2.05, 4.69) is 17.2 Å². The van der Waals surface area contributed by atoms with Crippen molar-refractivity contribution in [1.82, 2.24) is 4.98 Å². The first-order chi connectivity index (χ1) is 14.6. The molecule has 1 aromatic heterocycles. The summed E-state index contributed by atoms with van der Waals surface area (Å²) < 4.78 is 17.0. The molecule has 1 aliphatic heterocycles. The van der Waals surface area contributed by atoms with Crippen LogP contribution in [0.4, 0.5) is 5.69 Å². The summed E-state index contributed by atoms with van der Waals surface area (Å²) >= 11 is 0. The highest BCUT2D eigenvalue weighted by atomic mass is 16.6.